The predicted octanol–water partition coefficient (Wildman–Crippen LogP) is 3.44. The van der Waals surface area contributed by atoms with Crippen molar-refractivity contribution in [3.63, 3.8) is 0 Å². The fourth-order valence-electron chi connectivity index (χ4n) is 2.01. The number of nitrogen functional groups attached to an aromatic ring is 1. The van der Waals surface area contributed by atoms with Gasteiger partial charge in [0, 0.05) is 6.54 Å². The Bertz CT molecular complexity index is 632. The van der Waals surface area contributed by atoms with Crippen LogP contribution >= 0.6 is 0 Å². The first-order valence-electron chi connectivity index (χ1n) is 5.99. The first kappa shape index (κ1) is 12.9. The molecule has 0 atom stereocenters. The lowest BCUT2D eigenvalue weighted by Crippen LogP contribution is -2.18. The lowest BCUT2D eigenvalue weighted by atomic mass is 10.1. The minimum Gasteiger partial charge on any atom is -0.397 e. The topological polar surface area (TPSA) is 53.0 Å². The Morgan fingerprint density at radius 3 is 2.53 bits per heavy atom. The number of nitriles is 1. The highest BCUT2D eigenvalue weighted by atomic mass is 19.1. The molecule has 0 bridgehead atoms. The normalized spacial score (nSPS) is 9.95. The van der Waals surface area contributed by atoms with Crippen LogP contribution in [0.15, 0.2) is 42.5 Å². The fraction of sp³-hybridized carbons (Fsp3) is 0.133. The molecule has 4 heteroatoms. The Morgan fingerprint density at radius 2 is 1.95 bits per heavy atom. The highest BCUT2D eigenvalue weighted by molar-refractivity contribution is 5.76. The summed E-state index contributed by atoms with van der Waals surface area (Å²) in [4.78, 5) is 1.78. The molecule has 0 saturated carbocycles. The largest absolute Gasteiger partial charge is 0.397 e. The van der Waals surface area contributed by atoms with Crippen molar-refractivity contribution in [1.82, 2.24) is 0 Å². The Labute approximate surface area is 111 Å². The zero-order valence-electron chi connectivity index (χ0n) is 10.6. The molecule has 0 radical (unpaired) electrons. The zero-order valence-corrected chi connectivity index (χ0v) is 10.6. The van der Waals surface area contributed by atoms with Gasteiger partial charge < -0.3 is 10.6 Å². The number of halogens is 1. The molecule has 0 amide bonds. The third-order valence-electron chi connectivity index (χ3n) is 2.91. The number of hydrogen-bond acceptors (Lipinski definition) is 3. The van der Waals surface area contributed by atoms with Crippen molar-refractivity contribution in [2.24, 2.45) is 0 Å². The number of nitrogens with two attached hydrogens (primary N) is 1. The molecule has 0 spiro atoms. The summed E-state index contributed by atoms with van der Waals surface area (Å²) < 4.78 is 13.9. The van der Waals surface area contributed by atoms with Crippen LogP contribution in [-0.4, -0.2) is 6.54 Å². The summed E-state index contributed by atoms with van der Waals surface area (Å²) in [7, 11) is 0. The number of para-hydroxylation sites is 1. The van der Waals surface area contributed by atoms with E-state index in [2.05, 4.69) is 0 Å². The first-order valence-corrected chi connectivity index (χ1v) is 5.99. The average Bonchev–Trinajstić information content (AvgIpc) is 2.43. The first-order chi connectivity index (χ1) is 9.17. The van der Waals surface area contributed by atoms with Crippen LogP contribution in [0.3, 0.4) is 0 Å². The number of rotatable bonds is 3. The summed E-state index contributed by atoms with van der Waals surface area (Å²) >= 11 is 0. The van der Waals surface area contributed by atoms with Crippen molar-refractivity contribution in [2.45, 2.75) is 6.92 Å². The summed E-state index contributed by atoms with van der Waals surface area (Å²) in [6.07, 6.45) is 0. The maximum atomic E-state index is 13.9. The third kappa shape index (κ3) is 2.50. The SMILES string of the molecule is CCN(c1ccc(C#N)cc1N)c1ccccc1F. The van der Waals surface area contributed by atoms with E-state index in [1.54, 1.807) is 41.3 Å². The van der Waals surface area contributed by atoms with E-state index < -0.39 is 0 Å². The van der Waals surface area contributed by atoms with Crippen LogP contribution in [0.1, 0.15) is 12.5 Å². The highest BCUT2D eigenvalue weighted by Gasteiger charge is 2.14. The van der Waals surface area contributed by atoms with Crippen LogP contribution in [0, 0.1) is 17.1 Å². The molecule has 2 aromatic carbocycles. The Morgan fingerprint density at radius 1 is 1.21 bits per heavy atom. The smallest absolute Gasteiger partial charge is 0.146 e. The van der Waals surface area contributed by atoms with Gasteiger partial charge in [0.15, 0.2) is 0 Å². The minimum absolute atomic E-state index is 0.298. The predicted molar refractivity (Wildman–Crippen MR) is 74.6 cm³/mol. The third-order valence-corrected chi connectivity index (χ3v) is 2.91. The van der Waals surface area contributed by atoms with Crippen molar-refractivity contribution in [1.29, 1.82) is 5.26 Å². The van der Waals surface area contributed by atoms with Gasteiger partial charge in [-0.25, -0.2) is 4.39 Å². The van der Waals surface area contributed by atoms with Crippen LogP contribution in [0.25, 0.3) is 0 Å². The van der Waals surface area contributed by atoms with Crippen molar-refractivity contribution in [3.05, 3.63) is 53.8 Å². The maximum absolute atomic E-state index is 13.9. The van der Waals surface area contributed by atoms with Gasteiger partial charge in [0.25, 0.3) is 0 Å². The maximum Gasteiger partial charge on any atom is 0.146 e. The molecular formula is C15H14FN3. The van der Waals surface area contributed by atoms with E-state index in [1.165, 1.54) is 6.07 Å². The van der Waals surface area contributed by atoms with Crippen molar-refractivity contribution >= 4 is 17.1 Å². The second-order valence-electron chi connectivity index (χ2n) is 4.08. The summed E-state index contributed by atoms with van der Waals surface area (Å²) in [6, 6.07) is 13.6. The molecule has 0 saturated heterocycles. The van der Waals surface area contributed by atoms with Gasteiger partial charge in [-0.1, -0.05) is 12.1 Å². The molecule has 0 heterocycles. The number of anilines is 3. The lowest BCUT2D eigenvalue weighted by molar-refractivity contribution is 0.626. The quantitative estimate of drug-likeness (QED) is 0.855. The van der Waals surface area contributed by atoms with Gasteiger partial charge in [0.1, 0.15) is 5.82 Å². The molecule has 2 N–H and O–H groups in total. The summed E-state index contributed by atoms with van der Waals surface area (Å²) in [6.45, 7) is 2.50. The molecule has 0 aliphatic carbocycles. The van der Waals surface area contributed by atoms with Gasteiger partial charge in [-0.2, -0.15) is 5.26 Å². The Balaban J connectivity index is 2.49. The van der Waals surface area contributed by atoms with Gasteiger partial charge in [-0.3, -0.25) is 0 Å². The number of nitrogens with zero attached hydrogens (tertiary/aromatic N) is 2. The van der Waals surface area contributed by atoms with E-state index in [1.807, 2.05) is 13.0 Å². The van der Waals surface area contributed by atoms with Crippen LogP contribution in [0.5, 0.6) is 0 Å². The molecule has 0 aromatic heterocycles. The second-order valence-corrected chi connectivity index (χ2v) is 4.08. The second kappa shape index (κ2) is 5.40. The molecule has 96 valence electrons. The summed E-state index contributed by atoms with van der Waals surface area (Å²) in [5.74, 6) is -0.298. The fourth-order valence-corrected chi connectivity index (χ4v) is 2.01. The molecule has 19 heavy (non-hydrogen) atoms. The zero-order chi connectivity index (χ0) is 13.8. The van der Waals surface area contributed by atoms with E-state index in [4.69, 9.17) is 11.0 Å². The standard InChI is InChI=1S/C15H14FN3/c1-2-19(14-6-4-3-5-12(14)16)15-8-7-11(10-17)9-13(15)18/h3-9H,2,18H2,1H3. The average molecular weight is 255 g/mol. The van der Waals surface area contributed by atoms with E-state index in [9.17, 15) is 4.39 Å². The summed E-state index contributed by atoms with van der Waals surface area (Å²) in [5, 5.41) is 8.83. The molecule has 0 fully saturated rings. The molecule has 3 nitrogen and oxygen atoms in total. The van der Waals surface area contributed by atoms with Crippen LogP contribution in [-0.2, 0) is 0 Å². The molecule has 0 aliphatic heterocycles. The van der Waals surface area contributed by atoms with Crippen molar-refractivity contribution in [3.8, 4) is 6.07 Å². The van der Waals surface area contributed by atoms with Crippen molar-refractivity contribution in [2.75, 3.05) is 17.2 Å². The number of hydrogen-bond donors (Lipinski definition) is 1. The highest BCUT2D eigenvalue weighted by Crippen LogP contribution is 2.32. The van der Waals surface area contributed by atoms with E-state index in [0.29, 0.717) is 29.2 Å². The molecular weight excluding hydrogens is 241 g/mol. The molecule has 2 rings (SSSR count). The number of benzene rings is 2. The van der Waals surface area contributed by atoms with Crippen LogP contribution < -0.4 is 10.6 Å². The lowest BCUT2D eigenvalue weighted by Gasteiger charge is -2.25. The molecule has 0 unspecified atom stereocenters. The Kier molecular flexibility index (Phi) is 3.67. The van der Waals surface area contributed by atoms with E-state index in [0.717, 1.165) is 0 Å². The molecule has 2 aromatic rings. The van der Waals surface area contributed by atoms with E-state index in [-0.39, 0.29) is 5.82 Å². The van der Waals surface area contributed by atoms with Crippen molar-refractivity contribution < 1.29 is 4.39 Å². The van der Waals surface area contributed by atoms with Gasteiger partial charge in [-0.05, 0) is 37.3 Å². The molecule has 0 aliphatic rings. The van der Waals surface area contributed by atoms with E-state index >= 15 is 0 Å². The Hall–Kier alpha value is -2.54. The van der Waals surface area contributed by atoms with Gasteiger partial charge in [0.05, 0.1) is 28.7 Å². The summed E-state index contributed by atoms with van der Waals surface area (Å²) in [5.41, 5.74) is 8.07. The van der Waals surface area contributed by atoms with Crippen LogP contribution in [0.4, 0.5) is 21.5 Å². The van der Waals surface area contributed by atoms with Gasteiger partial charge in [-0.15, -0.1) is 0 Å². The minimum atomic E-state index is -0.298. The van der Waals surface area contributed by atoms with Gasteiger partial charge >= 0.3 is 0 Å². The van der Waals surface area contributed by atoms with Gasteiger partial charge in [0.2, 0.25) is 0 Å². The van der Waals surface area contributed by atoms with Crippen LogP contribution in [0.2, 0.25) is 0 Å². The monoisotopic (exact) mass is 255 g/mol.